The molecule has 0 N–H and O–H groups in total. The van der Waals surface area contributed by atoms with E-state index in [-0.39, 0.29) is 0 Å². The van der Waals surface area contributed by atoms with Crippen molar-refractivity contribution >= 4 is 0 Å². The first-order valence-corrected chi connectivity index (χ1v) is 7.91. The van der Waals surface area contributed by atoms with Crippen LogP contribution in [0, 0.1) is 38.5 Å². The Hall–Kier alpha value is -0.780. The summed E-state index contributed by atoms with van der Waals surface area (Å²) in [7, 11) is 0. The normalized spacial score (nSPS) is 12.9. The lowest BCUT2D eigenvalue weighted by Crippen LogP contribution is -2.17. The minimum absolute atomic E-state index is 0.347. The van der Waals surface area contributed by atoms with Crippen molar-refractivity contribution in [2.45, 2.75) is 82.1 Å². The topological polar surface area (TPSA) is 0 Å². The van der Waals surface area contributed by atoms with Crippen LogP contribution in [0.3, 0.4) is 0 Å². The van der Waals surface area contributed by atoms with Crippen LogP contribution < -0.4 is 0 Å². The van der Waals surface area contributed by atoms with Crippen LogP contribution in [-0.4, -0.2) is 0 Å². The zero-order valence-corrected chi connectivity index (χ0v) is 15.4. The Bertz CT molecular complexity index is 414. The van der Waals surface area contributed by atoms with Crippen molar-refractivity contribution in [2.24, 2.45) is 10.8 Å². The molecule has 1 aromatic rings. The molecule has 0 saturated carbocycles. The maximum absolute atomic E-state index is 2.33. The van der Waals surface area contributed by atoms with Crippen LogP contribution in [0.25, 0.3) is 0 Å². The SMILES string of the molecule is Cc1c(C)c(CC(C)(C)C)c(C)c(C)c1CC(C)(C)C. The molecule has 0 atom stereocenters. The van der Waals surface area contributed by atoms with Crippen LogP contribution in [0.15, 0.2) is 0 Å². The number of rotatable bonds is 2. The van der Waals surface area contributed by atoms with E-state index in [1.807, 2.05) is 0 Å². The fraction of sp³-hybridized carbons (Fsp3) is 0.700. The van der Waals surface area contributed by atoms with Crippen molar-refractivity contribution in [1.29, 1.82) is 0 Å². The number of benzene rings is 1. The molecule has 1 rings (SSSR count). The van der Waals surface area contributed by atoms with Gasteiger partial charge in [-0.3, -0.25) is 0 Å². The third-order valence-corrected chi connectivity index (χ3v) is 4.35. The van der Waals surface area contributed by atoms with Gasteiger partial charge in [-0.1, -0.05) is 41.5 Å². The molecule has 0 fully saturated rings. The van der Waals surface area contributed by atoms with Crippen molar-refractivity contribution in [3.8, 4) is 0 Å². The quantitative estimate of drug-likeness (QED) is 0.611. The maximum Gasteiger partial charge on any atom is -0.0224 e. The highest BCUT2D eigenvalue weighted by atomic mass is 14.3. The zero-order chi connectivity index (χ0) is 15.9. The van der Waals surface area contributed by atoms with Gasteiger partial charge in [0.15, 0.2) is 0 Å². The molecule has 0 unspecified atom stereocenters. The Morgan fingerprint density at radius 3 is 0.850 bits per heavy atom. The molecule has 0 heteroatoms. The lowest BCUT2D eigenvalue weighted by atomic mass is 9.77. The minimum atomic E-state index is 0.347. The van der Waals surface area contributed by atoms with Crippen LogP contribution in [0.2, 0.25) is 0 Å². The van der Waals surface area contributed by atoms with E-state index in [0.29, 0.717) is 10.8 Å². The molecule has 0 aliphatic rings. The summed E-state index contributed by atoms with van der Waals surface area (Å²) in [6.07, 6.45) is 2.34. The highest BCUT2D eigenvalue weighted by Gasteiger charge is 2.22. The fourth-order valence-corrected chi connectivity index (χ4v) is 3.06. The van der Waals surface area contributed by atoms with Crippen molar-refractivity contribution < 1.29 is 0 Å². The van der Waals surface area contributed by atoms with Crippen LogP contribution >= 0.6 is 0 Å². The summed E-state index contributed by atoms with van der Waals surface area (Å²) in [5.41, 5.74) is 9.91. The monoisotopic (exact) mass is 274 g/mol. The Labute approximate surface area is 127 Å². The Balaban J connectivity index is 3.42. The van der Waals surface area contributed by atoms with Crippen LogP contribution in [0.5, 0.6) is 0 Å². The van der Waals surface area contributed by atoms with Gasteiger partial charge in [0.25, 0.3) is 0 Å². The van der Waals surface area contributed by atoms with E-state index < -0.39 is 0 Å². The lowest BCUT2D eigenvalue weighted by Gasteiger charge is -2.28. The van der Waals surface area contributed by atoms with Gasteiger partial charge in [-0.05, 0) is 84.7 Å². The van der Waals surface area contributed by atoms with E-state index in [1.54, 1.807) is 11.1 Å². The molecule has 1 aromatic carbocycles. The molecule has 0 amide bonds. The summed E-state index contributed by atoms with van der Waals surface area (Å²) in [6, 6.07) is 0. The van der Waals surface area contributed by atoms with E-state index in [2.05, 4.69) is 69.2 Å². The fourth-order valence-electron chi connectivity index (χ4n) is 3.06. The van der Waals surface area contributed by atoms with Crippen LogP contribution in [0.4, 0.5) is 0 Å². The first kappa shape index (κ1) is 17.3. The molecular weight excluding hydrogens is 240 g/mol. The van der Waals surface area contributed by atoms with Crippen molar-refractivity contribution in [3.05, 3.63) is 33.4 Å². The van der Waals surface area contributed by atoms with Crippen molar-refractivity contribution in [2.75, 3.05) is 0 Å². The van der Waals surface area contributed by atoms with E-state index in [1.165, 1.54) is 35.1 Å². The summed E-state index contributed by atoms with van der Waals surface area (Å²) in [5, 5.41) is 0. The number of hydrogen-bond donors (Lipinski definition) is 0. The molecule has 0 bridgehead atoms. The second-order valence-electron chi connectivity index (χ2n) is 8.93. The number of hydrogen-bond acceptors (Lipinski definition) is 0. The predicted molar refractivity (Wildman–Crippen MR) is 91.7 cm³/mol. The van der Waals surface area contributed by atoms with Crippen molar-refractivity contribution in [3.63, 3.8) is 0 Å². The molecule has 0 radical (unpaired) electrons. The zero-order valence-electron chi connectivity index (χ0n) is 15.4. The third-order valence-electron chi connectivity index (χ3n) is 4.35. The summed E-state index contributed by atoms with van der Waals surface area (Å²) >= 11 is 0. The highest BCUT2D eigenvalue weighted by Crippen LogP contribution is 2.34. The predicted octanol–water partition coefficient (Wildman–Crippen LogP) is 6.10. The molecule has 0 saturated heterocycles. The average Bonchev–Trinajstić information content (AvgIpc) is 2.25. The first-order valence-electron chi connectivity index (χ1n) is 7.91. The second kappa shape index (κ2) is 5.54. The highest BCUT2D eigenvalue weighted by molar-refractivity contribution is 5.50. The lowest BCUT2D eigenvalue weighted by molar-refractivity contribution is 0.404. The van der Waals surface area contributed by atoms with Gasteiger partial charge in [-0.15, -0.1) is 0 Å². The van der Waals surface area contributed by atoms with Gasteiger partial charge >= 0.3 is 0 Å². The summed E-state index contributed by atoms with van der Waals surface area (Å²) in [6.45, 7) is 23.3. The largest absolute Gasteiger partial charge is 0.0599 e. The molecule has 0 aliphatic heterocycles. The summed E-state index contributed by atoms with van der Waals surface area (Å²) in [4.78, 5) is 0. The Morgan fingerprint density at radius 1 is 0.500 bits per heavy atom. The molecular formula is C20H34. The van der Waals surface area contributed by atoms with Gasteiger partial charge in [-0.25, -0.2) is 0 Å². The van der Waals surface area contributed by atoms with Gasteiger partial charge in [0.05, 0.1) is 0 Å². The summed E-state index contributed by atoms with van der Waals surface area (Å²) in [5.74, 6) is 0. The molecule has 0 nitrogen and oxygen atoms in total. The van der Waals surface area contributed by atoms with Crippen molar-refractivity contribution in [1.82, 2.24) is 0 Å². The van der Waals surface area contributed by atoms with Gasteiger partial charge in [-0.2, -0.15) is 0 Å². The Morgan fingerprint density at radius 2 is 0.700 bits per heavy atom. The van der Waals surface area contributed by atoms with E-state index in [4.69, 9.17) is 0 Å². The van der Waals surface area contributed by atoms with Crippen LogP contribution in [0.1, 0.15) is 74.9 Å². The van der Waals surface area contributed by atoms with Gasteiger partial charge in [0, 0.05) is 0 Å². The first-order chi connectivity index (χ1) is 8.83. The Kier molecular flexibility index (Phi) is 4.79. The molecule has 114 valence electrons. The molecule has 20 heavy (non-hydrogen) atoms. The van der Waals surface area contributed by atoms with Gasteiger partial charge in [0.1, 0.15) is 0 Å². The molecule has 0 aliphatic carbocycles. The molecule has 0 aromatic heterocycles. The molecule has 0 spiro atoms. The van der Waals surface area contributed by atoms with E-state index in [0.717, 1.165) is 0 Å². The van der Waals surface area contributed by atoms with E-state index in [9.17, 15) is 0 Å². The maximum atomic E-state index is 2.33. The van der Waals surface area contributed by atoms with Gasteiger partial charge in [0.2, 0.25) is 0 Å². The molecule has 0 heterocycles. The minimum Gasteiger partial charge on any atom is -0.0599 e. The van der Waals surface area contributed by atoms with E-state index >= 15 is 0 Å². The third kappa shape index (κ3) is 4.11. The average molecular weight is 274 g/mol. The standard InChI is InChI=1S/C20H34/c1-13-14(2)18(12-20(8,9)10)16(4)15(3)17(13)11-19(5,6)7/h11-12H2,1-10H3. The van der Waals surface area contributed by atoms with Crippen LogP contribution in [-0.2, 0) is 12.8 Å². The summed E-state index contributed by atoms with van der Waals surface area (Å²) < 4.78 is 0. The van der Waals surface area contributed by atoms with Gasteiger partial charge < -0.3 is 0 Å². The second-order valence-corrected chi connectivity index (χ2v) is 8.93. The smallest absolute Gasteiger partial charge is 0.0224 e.